The van der Waals surface area contributed by atoms with Gasteiger partial charge >= 0.3 is 6.61 Å². The zero-order chi connectivity index (χ0) is 19.4. The van der Waals surface area contributed by atoms with Crippen molar-refractivity contribution in [1.82, 2.24) is 9.78 Å². The van der Waals surface area contributed by atoms with Crippen molar-refractivity contribution >= 4 is 27.5 Å². The maximum atomic E-state index is 12.5. The minimum atomic E-state index is -3.02. The van der Waals surface area contributed by atoms with Crippen LogP contribution < -0.4 is 10.1 Å². The molecule has 27 heavy (non-hydrogen) atoms. The van der Waals surface area contributed by atoms with Crippen LogP contribution in [0, 0.1) is 6.92 Å². The predicted molar refractivity (Wildman–Crippen MR) is 101 cm³/mol. The van der Waals surface area contributed by atoms with E-state index in [4.69, 9.17) is 0 Å². The molecule has 0 saturated carbocycles. The van der Waals surface area contributed by atoms with Gasteiger partial charge in [0.1, 0.15) is 5.75 Å². The Bertz CT molecular complexity index is 942. The van der Waals surface area contributed by atoms with Gasteiger partial charge in [-0.2, -0.15) is 13.9 Å². The monoisotopic (exact) mass is 435 g/mol. The first-order valence-electron chi connectivity index (χ1n) is 8.04. The number of amides is 1. The summed E-state index contributed by atoms with van der Waals surface area (Å²) in [6.45, 7) is -0.457. The second-order valence-electron chi connectivity index (χ2n) is 5.89. The fourth-order valence-corrected chi connectivity index (χ4v) is 2.83. The molecule has 0 spiro atoms. The predicted octanol–water partition coefficient (Wildman–Crippen LogP) is 4.86. The van der Waals surface area contributed by atoms with Gasteiger partial charge in [0, 0.05) is 10.7 Å². The van der Waals surface area contributed by atoms with Gasteiger partial charge in [-0.25, -0.2) is 0 Å². The Hall–Kier alpha value is -2.74. The highest BCUT2D eigenvalue weighted by Gasteiger charge is 2.17. The van der Waals surface area contributed by atoms with Crippen molar-refractivity contribution in [3.8, 4) is 5.75 Å². The third kappa shape index (κ3) is 5.13. The number of nitrogens with one attached hydrogen (secondary N) is 1. The van der Waals surface area contributed by atoms with Gasteiger partial charge in [0.05, 0.1) is 24.0 Å². The molecular formula is C19H16BrF2N3O2. The number of carbonyl (C=O) groups is 1. The lowest BCUT2D eigenvalue weighted by atomic mass is 10.1. The van der Waals surface area contributed by atoms with Crippen molar-refractivity contribution in [2.75, 3.05) is 5.32 Å². The van der Waals surface area contributed by atoms with Gasteiger partial charge in [0.15, 0.2) is 0 Å². The van der Waals surface area contributed by atoms with Crippen molar-refractivity contribution in [2.45, 2.75) is 20.1 Å². The minimum Gasteiger partial charge on any atom is -0.434 e. The van der Waals surface area contributed by atoms with Crippen molar-refractivity contribution in [3.63, 3.8) is 0 Å². The lowest BCUT2D eigenvalue weighted by Gasteiger charge is -2.10. The van der Waals surface area contributed by atoms with Crippen LogP contribution in [0.25, 0.3) is 0 Å². The summed E-state index contributed by atoms with van der Waals surface area (Å²) < 4.78 is 31.8. The van der Waals surface area contributed by atoms with E-state index in [-0.39, 0.29) is 11.3 Å². The first-order chi connectivity index (χ1) is 12.9. The number of benzene rings is 2. The molecule has 0 saturated heterocycles. The maximum absolute atomic E-state index is 12.5. The summed E-state index contributed by atoms with van der Waals surface area (Å²) in [6, 6.07) is 12.3. The highest BCUT2D eigenvalue weighted by Crippen LogP contribution is 2.25. The third-order valence-corrected chi connectivity index (χ3v) is 4.25. The third-order valence-electron chi connectivity index (χ3n) is 3.76. The number of hydrogen-bond acceptors (Lipinski definition) is 3. The smallest absolute Gasteiger partial charge is 0.387 e. The topological polar surface area (TPSA) is 56.2 Å². The maximum Gasteiger partial charge on any atom is 0.387 e. The van der Waals surface area contributed by atoms with Crippen LogP contribution in [0.1, 0.15) is 21.5 Å². The zero-order valence-electron chi connectivity index (χ0n) is 14.3. The lowest BCUT2D eigenvalue weighted by Crippen LogP contribution is -2.15. The van der Waals surface area contributed by atoms with Gasteiger partial charge in [-0.15, -0.1) is 0 Å². The number of aryl methyl sites for hydroxylation is 1. The molecule has 0 aliphatic rings. The van der Waals surface area contributed by atoms with Gasteiger partial charge in [0.2, 0.25) is 0 Å². The van der Waals surface area contributed by atoms with Crippen LogP contribution in [0.5, 0.6) is 5.75 Å². The molecular weight excluding hydrogens is 420 g/mol. The summed E-state index contributed by atoms with van der Waals surface area (Å²) >= 11 is 3.22. The van der Waals surface area contributed by atoms with Gasteiger partial charge in [-0.05, 0) is 30.7 Å². The first-order valence-corrected chi connectivity index (χ1v) is 8.84. The molecule has 140 valence electrons. The summed E-state index contributed by atoms with van der Waals surface area (Å²) in [5, 5.41) is 6.86. The first kappa shape index (κ1) is 19.0. The van der Waals surface area contributed by atoms with E-state index in [0.29, 0.717) is 16.7 Å². The van der Waals surface area contributed by atoms with Crippen molar-refractivity contribution in [2.24, 2.45) is 0 Å². The normalized spacial score (nSPS) is 10.9. The average Bonchev–Trinajstić information content (AvgIpc) is 3.05. The molecule has 1 N–H and O–H groups in total. The van der Waals surface area contributed by atoms with E-state index in [0.717, 1.165) is 5.56 Å². The molecule has 0 fully saturated rings. The van der Waals surface area contributed by atoms with Crippen LogP contribution in [-0.2, 0) is 6.54 Å². The SMILES string of the molecule is Cc1ccc(Cn2cc(NC(=O)c3cc(Br)ccc3OC(F)F)cn2)cc1. The van der Waals surface area contributed by atoms with Gasteiger partial charge in [-0.3, -0.25) is 9.48 Å². The molecule has 0 bridgehead atoms. The average molecular weight is 436 g/mol. The van der Waals surface area contributed by atoms with Crippen LogP contribution in [0.3, 0.4) is 0 Å². The van der Waals surface area contributed by atoms with Crippen LogP contribution in [-0.4, -0.2) is 22.3 Å². The number of hydrogen-bond donors (Lipinski definition) is 1. The Morgan fingerprint density at radius 1 is 1.26 bits per heavy atom. The number of alkyl halides is 2. The van der Waals surface area contributed by atoms with E-state index in [1.54, 1.807) is 10.9 Å². The molecule has 0 aliphatic heterocycles. The molecule has 3 rings (SSSR count). The summed E-state index contributed by atoms with van der Waals surface area (Å²) in [4.78, 5) is 12.5. The van der Waals surface area contributed by atoms with Crippen LogP contribution in [0.15, 0.2) is 59.3 Å². The Labute approximate surface area is 163 Å². The summed E-state index contributed by atoms with van der Waals surface area (Å²) in [5.41, 5.74) is 2.69. The molecule has 0 atom stereocenters. The molecule has 8 heteroatoms. The lowest BCUT2D eigenvalue weighted by molar-refractivity contribution is -0.0501. The summed E-state index contributed by atoms with van der Waals surface area (Å²) in [7, 11) is 0. The fraction of sp³-hybridized carbons (Fsp3) is 0.158. The summed E-state index contributed by atoms with van der Waals surface area (Å²) in [6.07, 6.45) is 3.17. The molecule has 3 aromatic rings. The number of rotatable bonds is 6. The van der Waals surface area contributed by atoms with E-state index in [2.05, 4.69) is 31.1 Å². The number of nitrogens with zero attached hydrogens (tertiary/aromatic N) is 2. The van der Waals surface area contributed by atoms with Crippen LogP contribution in [0.2, 0.25) is 0 Å². The van der Waals surface area contributed by atoms with Crippen LogP contribution >= 0.6 is 15.9 Å². The Kier molecular flexibility index (Phi) is 5.85. The fourth-order valence-electron chi connectivity index (χ4n) is 2.47. The highest BCUT2D eigenvalue weighted by atomic mass is 79.9. The Morgan fingerprint density at radius 3 is 2.70 bits per heavy atom. The Morgan fingerprint density at radius 2 is 2.00 bits per heavy atom. The summed E-state index contributed by atoms with van der Waals surface area (Å²) in [5.74, 6) is -0.764. The number of halogens is 3. The van der Waals surface area contributed by atoms with Crippen molar-refractivity contribution < 1.29 is 18.3 Å². The van der Waals surface area contributed by atoms with E-state index in [9.17, 15) is 13.6 Å². The number of carbonyl (C=O) groups excluding carboxylic acids is 1. The molecule has 1 aromatic heterocycles. The van der Waals surface area contributed by atoms with E-state index >= 15 is 0 Å². The largest absolute Gasteiger partial charge is 0.434 e. The highest BCUT2D eigenvalue weighted by molar-refractivity contribution is 9.10. The number of ether oxygens (including phenoxy) is 1. The van der Waals surface area contributed by atoms with Gasteiger partial charge in [0.25, 0.3) is 5.91 Å². The molecule has 1 heterocycles. The Balaban J connectivity index is 1.72. The zero-order valence-corrected chi connectivity index (χ0v) is 15.9. The van der Waals surface area contributed by atoms with E-state index < -0.39 is 12.5 Å². The van der Waals surface area contributed by atoms with Gasteiger partial charge in [-0.1, -0.05) is 45.8 Å². The standard InChI is InChI=1S/C19H16BrF2N3O2/c1-12-2-4-13(5-3-12)10-25-11-15(9-23-25)24-18(26)16-8-14(20)6-7-17(16)27-19(21)22/h2-9,11,19H,10H2,1H3,(H,24,26). The molecule has 0 unspecified atom stereocenters. The van der Waals surface area contributed by atoms with E-state index in [1.807, 2.05) is 31.2 Å². The van der Waals surface area contributed by atoms with E-state index in [1.165, 1.54) is 30.0 Å². The quantitative estimate of drug-likeness (QED) is 0.601. The molecule has 1 amide bonds. The molecule has 5 nitrogen and oxygen atoms in total. The number of aromatic nitrogens is 2. The molecule has 0 aliphatic carbocycles. The minimum absolute atomic E-state index is 0.00374. The van der Waals surface area contributed by atoms with Crippen LogP contribution in [0.4, 0.5) is 14.5 Å². The van der Waals surface area contributed by atoms with Crippen molar-refractivity contribution in [1.29, 1.82) is 0 Å². The van der Waals surface area contributed by atoms with Crippen molar-refractivity contribution in [3.05, 3.63) is 76.0 Å². The van der Waals surface area contributed by atoms with Gasteiger partial charge < -0.3 is 10.1 Å². The molecule has 0 radical (unpaired) electrons. The second-order valence-corrected chi connectivity index (χ2v) is 6.80. The number of anilines is 1. The molecule has 2 aromatic carbocycles. The second kappa shape index (κ2) is 8.30.